The van der Waals surface area contributed by atoms with E-state index in [4.69, 9.17) is 4.42 Å². The van der Waals surface area contributed by atoms with Gasteiger partial charge in [-0.2, -0.15) is 0 Å². The van der Waals surface area contributed by atoms with Crippen molar-refractivity contribution in [3.05, 3.63) is 54.5 Å². The number of amides is 1. The van der Waals surface area contributed by atoms with Crippen LogP contribution in [0, 0.1) is 0 Å². The Kier molecular flexibility index (Phi) is 3.33. The maximum atomic E-state index is 12.6. The second-order valence-corrected chi connectivity index (χ2v) is 7.33. The van der Waals surface area contributed by atoms with Crippen molar-refractivity contribution < 1.29 is 17.6 Å². The van der Waals surface area contributed by atoms with Gasteiger partial charge in [0.05, 0.1) is 17.7 Å². The third kappa shape index (κ3) is 2.35. The van der Waals surface area contributed by atoms with Crippen LogP contribution < -0.4 is 5.32 Å². The first-order valence-electron chi connectivity index (χ1n) is 6.67. The first-order valence-corrected chi connectivity index (χ1v) is 8.15. The predicted molar refractivity (Wildman–Crippen MR) is 76.1 cm³/mol. The highest BCUT2D eigenvalue weighted by Gasteiger charge is 2.61. The molecular weight excluding hydrogens is 290 g/mol. The fourth-order valence-electron chi connectivity index (χ4n) is 2.30. The number of hydrogen-bond donors (Lipinski definition) is 1. The fourth-order valence-corrected chi connectivity index (χ4v) is 4.22. The number of sulfone groups is 1. The van der Waals surface area contributed by atoms with Gasteiger partial charge in [-0.3, -0.25) is 4.79 Å². The van der Waals surface area contributed by atoms with E-state index in [0.717, 1.165) is 0 Å². The summed E-state index contributed by atoms with van der Waals surface area (Å²) in [5, 5.41) is 2.65. The minimum absolute atomic E-state index is 0.190. The van der Waals surface area contributed by atoms with Crippen molar-refractivity contribution in [2.45, 2.75) is 29.0 Å². The molecule has 1 aliphatic rings. The number of furan rings is 1. The summed E-state index contributed by atoms with van der Waals surface area (Å²) in [5.41, 5.74) is 0. The van der Waals surface area contributed by atoms with Crippen LogP contribution in [0.5, 0.6) is 0 Å². The number of rotatable bonds is 5. The highest BCUT2D eigenvalue weighted by atomic mass is 32.2. The molecule has 110 valence electrons. The van der Waals surface area contributed by atoms with Crippen molar-refractivity contribution in [1.82, 2.24) is 5.32 Å². The largest absolute Gasteiger partial charge is 0.467 e. The molecule has 1 aliphatic carbocycles. The maximum absolute atomic E-state index is 12.6. The molecule has 0 spiro atoms. The molecule has 0 radical (unpaired) electrons. The average Bonchev–Trinajstić information content (AvgIpc) is 3.17. The van der Waals surface area contributed by atoms with Gasteiger partial charge in [-0.05, 0) is 37.1 Å². The lowest BCUT2D eigenvalue weighted by Crippen LogP contribution is -2.41. The standard InChI is InChI=1S/C15H15NO4S/c17-14(16-11-12-5-4-10-20-12)15(8-9-15)21(18,19)13-6-2-1-3-7-13/h1-7,10H,8-9,11H2,(H,16,17). The summed E-state index contributed by atoms with van der Waals surface area (Å²) < 4.78 is 29.1. The summed E-state index contributed by atoms with van der Waals surface area (Å²) in [5.74, 6) is 0.138. The van der Waals surface area contributed by atoms with E-state index in [1.807, 2.05) is 0 Å². The van der Waals surface area contributed by atoms with E-state index in [2.05, 4.69) is 5.32 Å². The van der Waals surface area contributed by atoms with E-state index in [1.54, 1.807) is 30.3 Å². The minimum Gasteiger partial charge on any atom is -0.467 e. The van der Waals surface area contributed by atoms with E-state index in [1.165, 1.54) is 18.4 Å². The Morgan fingerprint density at radius 1 is 1.14 bits per heavy atom. The van der Waals surface area contributed by atoms with Gasteiger partial charge in [-0.1, -0.05) is 18.2 Å². The van der Waals surface area contributed by atoms with Crippen LogP contribution in [0.15, 0.2) is 58.0 Å². The van der Waals surface area contributed by atoms with Crippen LogP contribution in [-0.2, 0) is 21.2 Å². The molecule has 0 atom stereocenters. The monoisotopic (exact) mass is 305 g/mol. The molecule has 1 N–H and O–H groups in total. The van der Waals surface area contributed by atoms with Crippen molar-refractivity contribution in [2.24, 2.45) is 0 Å². The molecule has 1 amide bonds. The van der Waals surface area contributed by atoms with Crippen LogP contribution in [0.1, 0.15) is 18.6 Å². The van der Waals surface area contributed by atoms with Crippen LogP contribution >= 0.6 is 0 Å². The molecule has 0 aliphatic heterocycles. The van der Waals surface area contributed by atoms with Gasteiger partial charge < -0.3 is 9.73 Å². The zero-order valence-electron chi connectivity index (χ0n) is 11.3. The summed E-state index contributed by atoms with van der Waals surface area (Å²) >= 11 is 0. The number of carbonyl (C=O) groups is 1. The summed E-state index contributed by atoms with van der Waals surface area (Å²) in [6.07, 6.45) is 2.22. The van der Waals surface area contributed by atoms with Gasteiger partial charge in [0.2, 0.25) is 5.91 Å². The van der Waals surface area contributed by atoms with Crippen molar-refractivity contribution in [1.29, 1.82) is 0 Å². The van der Waals surface area contributed by atoms with E-state index < -0.39 is 20.5 Å². The van der Waals surface area contributed by atoms with Gasteiger partial charge in [-0.15, -0.1) is 0 Å². The molecule has 0 saturated heterocycles. The topological polar surface area (TPSA) is 76.4 Å². The molecule has 5 nitrogen and oxygen atoms in total. The van der Waals surface area contributed by atoms with Gasteiger partial charge >= 0.3 is 0 Å². The molecule has 1 heterocycles. The van der Waals surface area contributed by atoms with Crippen LogP contribution in [0.4, 0.5) is 0 Å². The van der Waals surface area contributed by atoms with Crippen molar-refractivity contribution >= 4 is 15.7 Å². The van der Waals surface area contributed by atoms with E-state index in [0.29, 0.717) is 18.6 Å². The normalized spacial score (nSPS) is 16.4. The Bertz CT molecular complexity index is 731. The molecule has 2 aromatic rings. The van der Waals surface area contributed by atoms with Gasteiger partial charge in [0.15, 0.2) is 14.6 Å². The van der Waals surface area contributed by atoms with Gasteiger partial charge in [0, 0.05) is 0 Å². The summed E-state index contributed by atoms with van der Waals surface area (Å²) in [4.78, 5) is 12.5. The Hall–Kier alpha value is -2.08. The van der Waals surface area contributed by atoms with E-state index >= 15 is 0 Å². The smallest absolute Gasteiger partial charge is 0.242 e. The van der Waals surface area contributed by atoms with E-state index in [-0.39, 0.29) is 11.4 Å². The summed E-state index contributed by atoms with van der Waals surface area (Å²) in [6, 6.07) is 11.5. The van der Waals surface area contributed by atoms with Crippen LogP contribution in [-0.4, -0.2) is 19.1 Å². The number of nitrogens with one attached hydrogen (secondary N) is 1. The molecule has 0 unspecified atom stereocenters. The highest BCUT2D eigenvalue weighted by molar-refractivity contribution is 7.94. The van der Waals surface area contributed by atoms with Crippen LogP contribution in [0.2, 0.25) is 0 Å². The van der Waals surface area contributed by atoms with Gasteiger partial charge in [0.25, 0.3) is 0 Å². The minimum atomic E-state index is -3.66. The van der Waals surface area contributed by atoms with Crippen molar-refractivity contribution in [3.63, 3.8) is 0 Å². The molecule has 1 aromatic heterocycles. The third-order valence-electron chi connectivity index (χ3n) is 3.69. The molecule has 1 aromatic carbocycles. The fraction of sp³-hybridized carbons (Fsp3) is 0.267. The number of hydrogen-bond acceptors (Lipinski definition) is 4. The molecule has 21 heavy (non-hydrogen) atoms. The molecule has 1 fully saturated rings. The molecule has 1 saturated carbocycles. The third-order valence-corrected chi connectivity index (χ3v) is 6.20. The summed E-state index contributed by atoms with van der Waals surface area (Å²) in [7, 11) is -3.66. The van der Waals surface area contributed by atoms with Crippen molar-refractivity contribution in [2.75, 3.05) is 0 Å². The lowest BCUT2D eigenvalue weighted by atomic mass is 10.3. The first kappa shape index (κ1) is 13.9. The quantitative estimate of drug-likeness (QED) is 0.915. The molecule has 0 bridgehead atoms. The highest BCUT2D eigenvalue weighted by Crippen LogP contribution is 2.47. The van der Waals surface area contributed by atoms with Crippen molar-refractivity contribution in [3.8, 4) is 0 Å². The van der Waals surface area contributed by atoms with Crippen LogP contribution in [0.3, 0.4) is 0 Å². The predicted octanol–water partition coefficient (Wildman–Crippen LogP) is 1.90. The molecule has 6 heteroatoms. The average molecular weight is 305 g/mol. The van der Waals surface area contributed by atoms with Gasteiger partial charge in [-0.25, -0.2) is 8.42 Å². The second-order valence-electron chi connectivity index (χ2n) is 5.07. The second kappa shape index (κ2) is 5.04. The Balaban J connectivity index is 1.79. The first-order chi connectivity index (χ1) is 10.1. The summed E-state index contributed by atoms with van der Waals surface area (Å²) in [6.45, 7) is 0.192. The lowest BCUT2D eigenvalue weighted by molar-refractivity contribution is -0.121. The SMILES string of the molecule is O=C(NCc1ccco1)C1(S(=O)(=O)c2ccccc2)CC1. The lowest BCUT2D eigenvalue weighted by Gasteiger charge is -2.15. The Morgan fingerprint density at radius 3 is 2.43 bits per heavy atom. The van der Waals surface area contributed by atoms with Gasteiger partial charge in [0.1, 0.15) is 5.76 Å². The molecule has 3 rings (SSSR count). The maximum Gasteiger partial charge on any atom is 0.242 e. The van der Waals surface area contributed by atoms with Crippen LogP contribution in [0.25, 0.3) is 0 Å². The molecular formula is C15H15NO4S. The Morgan fingerprint density at radius 2 is 1.86 bits per heavy atom. The number of carbonyl (C=O) groups excluding carboxylic acids is 1. The Labute approximate surface area is 122 Å². The number of benzene rings is 1. The van der Waals surface area contributed by atoms with E-state index in [9.17, 15) is 13.2 Å². The zero-order valence-corrected chi connectivity index (χ0v) is 12.1. The zero-order chi connectivity index (χ0) is 14.9.